The maximum atomic E-state index is 11.3. The number of aromatic nitrogens is 1. The van der Waals surface area contributed by atoms with Crippen LogP contribution in [0.1, 0.15) is 40.0 Å². The van der Waals surface area contributed by atoms with Crippen molar-refractivity contribution in [3.8, 4) is 10.4 Å². The fraction of sp³-hybridized carbons (Fsp3) is 0.333. The number of carboxylic acid groups (broad SMARTS) is 1. The molecular formula is C15H17NO2S. The van der Waals surface area contributed by atoms with E-state index in [1.54, 1.807) is 0 Å². The van der Waals surface area contributed by atoms with Crippen LogP contribution in [0.5, 0.6) is 0 Å². The van der Waals surface area contributed by atoms with Gasteiger partial charge in [-0.25, -0.2) is 9.78 Å². The number of carboxylic acids is 1. The second-order valence-corrected chi connectivity index (χ2v) is 5.74. The van der Waals surface area contributed by atoms with E-state index in [1.165, 1.54) is 16.9 Å². The van der Waals surface area contributed by atoms with E-state index in [-0.39, 0.29) is 5.69 Å². The molecule has 0 aliphatic carbocycles. The molecule has 1 aromatic heterocycles. The number of rotatable bonds is 4. The standard InChI is InChI=1S/C15H17NO2S/c1-4-5-12-16-13(15(17)18)14(19-12)11-7-6-9(2)8-10(11)3/h6-8H,4-5H2,1-3H3,(H,17,18). The summed E-state index contributed by atoms with van der Waals surface area (Å²) < 4.78 is 0. The summed E-state index contributed by atoms with van der Waals surface area (Å²) in [6.07, 6.45) is 1.80. The molecule has 19 heavy (non-hydrogen) atoms. The Balaban J connectivity index is 2.56. The van der Waals surface area contributed by atoms with Gasteiger partial charge in [-0.15, -0.1) is 11.3 Å². The summed E-state index contributed by atoms with van der Waals surface area (Å²) in [6.45, 7) is 6.11. The van der Waals surface area contributed by atoms with Crippen molar-refractivity contribution in [2.75, 3.05) is 0 Å². The lowest BCUT2D eigenvalue weighted by Crippen LogP contribution is -1.99. The highest BCUT2D eigenvalue weighted by molar-refractivity contribution is 7.15. The van der Waals surface area contributed by atoms with E-state index in [9.17, 15) is 9.90 Å². The quantitative estimate of drug-likeness (QED) is 0.914. The molecule has 100 valence electrons. The molecule has 1 aromatic carbocycles. The van der Waals surface area contributed by atoms with Crippen LogP contribution in [-0.4, -0.2) is 16.1 Å². The minimum Gasteiger partial charge on any atom is -0.476 e. The monoisotopic (exact) mass is 275 g/mol. The van der Waals surface area contributed by atoms with Crippen molar-refractivity contribution in [2.45, 2.75) is 33.6 Å². The fourth-order valence-electron chi connectivity index (χ4n) is 2.08. The molecule has 0 aliphatic heterocycles. The molecular weight excluding hydrogens is 258 g/mol. The highest BCUT2D eigenvalue weighted by atomic mass is 32.1. The van der Waals surface area contributed by atoms with E-state index in [2.05, 4.69) is 18.0 Å². The molecule has 0 atom stereocenters. The predicted octanol–water partition coefficient (Wildman–Crippen LogP) is 4.08. The molecule has 2 aromatic rings. The first kappa shape index (κ1) is 13.7. The Morgan fingerprint density at radius 3 is 2.68 bits per heavy atom. The highest BCUT2D eigenvalue weighted by Crippen LogP contribution is 2.33. The summed E-state index contributed by atoms with van der Waals surface area (Å²) in [5, 5.41) is 10.2. The summed E-state index contributed by atoms with van der Waals surface area (Å²) in [7, 11) is 0. The van der Waals surface area contributed by atoms with Crippen molar-refractivity contribution in [1.82, 2.24) is 4.98 Å². The lowest BCUT2D eigenvalue weighted by atomic mass is 10.0. The molecule has 0 aliphatic rings. The van der Waals surface area contributed by atoms with E-state index in [0.29, 0.717) is 0 Å². The zero-order valence-electron chi connectivity index (χ0n) is 11.4. The zero-order chi connectivity index (χ0) is 14.0. The van der Waals surface area contributed by atoms with Crippen LogP contribution in [-0.2, 0) is 6.42 Å². The number of nitrogens with zero attached hydrogens (tertiary/aromatic N) is 1. The first-order valence-electron chi connectivity index (χ1n) is 6.33. The third kappa shape index (κ3) is 2.84. The van der Waals surface area contributed by atoms with Crippen molar-refractivity contribution >= 4 is 17.3 Å². The van der Waals surface area contributed by atoms with Gasteiger partial charge in [-0.2, -0.15) is 0 Å². The van der Waals surface area contributed by atoms with Gasteiger partial charge in [0.15, 0.2) is 5.69 Å². The van der Waals surface area contributed by atoms with Crippen molar-refractivity contribution in [2.24, 2.45) is 0 Å². The molecule has 0 saturated carbocycles. The Morgan fingerprint density at radius 1 is 1.37 bits per heavy atom. The van der Waals surface area contributed by atoms with E-state index >= 15 is 0 Å². The lowest BCUT2D eigenvalue weighted by molar-refractivity contribution is 0.0692. The Kier molecular flexibility index (Phi) is 4.00. The lowest BCUT2D eigenvalue weighted by Gasteiger charge is -2.05. The van der Waals surface area contributed by atoms with Gasteiger partial charge in [-0.1, -0.05) is 30.7 Å². The van der Waals surface area contributed by atoms with Crippen LogP contribution in [0.4, 0.5) is 0 Å². The predicted molar refractivity (Wildman–Crippen MR) is 78.0 cm³/mol. The molecule has 0 saturated heterocycles. The van der Waals surface area contributed by atoms with Gasteiger partial charge >= 0.3 is 5.97 Å². The van der Waals surface area contributed by atoms with Crippen LogP contribution < -0.4 is 0 Å². The molecule has 0 fully saturated rings. The molecule has 1 heterocycles. The summed E-state index contributed by atoms with van der Waals surface area (Å²) >= 11 is 1.49. The Hall–Kier alpha value is -1.68. The SMILES string of the molecule is CCCc1nc(C(=O)O)c(-c2ccc(C)cc2C)s1. The Labute approximate surface area is 116 Å². The van der Waals surface area contributed by atoms with Gasteiger partial charge in [0.25, 0.3) is 0 Å². The average Bonchev–Trinajstić information content (AvgIpc) is 2.73. The van der Waals surface area contributed by atoms with Gasteiger partial charge < -0.3 is 5.11 Å². The number of carbonyl (C=O) groups is 1. The first-order valence-corrected chi connectivity index (χ1v) is 7.15. The molecule has 2 rings (SSSR count). The van der Waals surface area contributed by atoms with Crippen LogP contribution in [0.15, 0.2) is 18.2 Å². The number of thiazole rings is 1. The summed E-state index contributed by atoms with van der Waals surface area (Å²) in [5.41, 5.74) is 3.42. The number of aryl methyl sites for hydroxylation is 3. The highest BCUT2D eigenvalue weighted by Gasteiger charge is 2.19. The van der Waals surface area contributed by atoms with Crippen LogP contribution in [0.3, 0.4) is 0 Å². The number of hydrogen-bond donors (Lipinski definition) is 1. The van der Waals surface area contributed by atoms with Crippen LogP contribution in [0, 0.1) is 13.8 Å². The normalized spacial score (nSPS) is 10.7. The summed E-state index contributed by atoms with van der Waals surface area (Å²) in [6, 6.07) is 6.06. The van der Waals surface area contributed by atoms with Gasteiger partial charge in [-0.3, -0.25) is 0 Å². The van der Waals surface area contributed by atoms with Gasteiger partial charge in [0.2, 0.25) is 0 Å². The van der Waals surface area contributed by atoms with Crippen LogP contribution in [0.25, 0.3) is 10.4 Å². The summed E-state index contributed by atoms with van der Waals surface area (Å²) in [4.78, 5) is 16.4. The van der Waals surface area contributed by atoms with Gasteiger partial charge in [0, 0.05) is 0 Å². The third-order valence-corrected chi connectivity index (χ3v) is 4.11. The van der Waals surface area contributed by atoms with Crippen LogP contribution in [0.2, 0.25) is 0 Å². The number of aromatic carboxylic acids is 1. The molecule has 0 bridgehead atoms. The largest absolute Gasteiger partial charge is 0.476 e. The molecule has 0 spiro atoms. The number of hydrogen-bond acceptors (Lipinski definition) is 3. The molecule has 0 unspecified atom stereocenters. The first-order chi connectivity index (χ1) is 9.02. The van der Waals surface area contributed by atoms with Gasteiger partial charge in [-0.05, 0) is 37.8 Å². The second kappa shape index (κ2) is 5.53. The smallest absolute Gasteiger partial charge is 0.356 e. The fourth-order valence-corrected chi connectivity index (χ4v) is 3.33. The van der Waals surface area contributed by atoms with E-state index in [0.717, 1.165) is 33.9 Å². The van der Waals surface area contributed by atoms with Crippen molar-refractivity contribution < 1.29 is 9.90 Å². The maximum absolute atomic E-state index is 11.3. The van der Waals surface area contributed by atoms with E-state index < -0.39 is 5.97 Å². The minimum absolute atomic E-state index is 0.181. The summed E-state index contributed by atoms with van der Waals surface area (Å²) in [5.74, 6) is -0.950. The molecule has 0 radical (unpaired) electrons. The second-order valence-electron chi connectivity index (χ2n) is 4.66. The maximum Gasteiger partial charge on any atom is 0.356 e. The van der Waals surface area contributed by atoms with Crippen molar-refractivity contribution in [3.05, 3.63) is 40.0 Å². The van der Waals surface area contributed by atoms with Crippen molar-refractivity contribution in [1.29, 1.82) is 0 Å². The van der Waals surface area contributed by atoms with Crippen LogP contribution >= 0.6 is 11.3 Å². The Morgan fingerprint density at radius 2 is 2.11 bits per heavy atom. The van der Waals surface area contributed by atoms with E-state index in [1.807, 2.05) is 26.0 Å². The third-order valence-electron chi connectivity index (χ3n) is 2.96. The number of benzene rings is 1. The zero-order valence-corrected chi connectivity index (χ0v) is 12.2. The van der Waals surface area contributed by atoms with E-state index in [4.69, 9.17) is 0 Å². The van der Waals surface area contributed by atoms with Gasteiger partial charge in [0.05, 0.1) is 9.88 Å². The molecule has 1 N–H and O–H groups in total. The topological polar surface area (TPSA) is 50.2 Å². The minimum atomic E-state index is -0.950. The van der Waals surface area contributed by atoms with Gasteiger partial charge in [0.1, 0.15) is 0 Å². The molecule has 4 heteroatoms. The molecule has 0 amide bonds. The van der Waals surface area contributed by atoms with Crippen molar-refractivity contribution in [3.63, 3.8) is 0 Å². The molecule has 3 nitrogen and oxygen atoms in total. The average molecular weight is 275 g/mol. The Bertz CT molecular complexity index is 617.